The summed E-state index contributed by atoms with van der Waals surface area (Å²) < 4.78 is 0. The molecule has 0 aromatic heterocycles. The number of fused-ring (bicyclic) bond motifs is 1. The van der Waals surface area contributed by atoms with E-state index in [4.69, 9.17) is 23.2 Å². The van der Waals surface area contributed by atoms with E-state index in [0.29, 0.717) is 16.9 Å². The monoisotopic (exact) mass is 433 g/mol. The molecule has 1 heterocycles. The fraction of sp³-hybridized carbons (Fsp3) is 0.200. The summed E-state index contributed by atoms with van der Waals surface area (Å²) in [6, 6.07) is 6.60. The quantitative estimate of drug-likeness (QED) is 0.714. The van der Waals surface area contributed by atoms with Gasteiger partial charge >= 0.3 is 0 Å². The average Bonchev–Trinajstić information content (AvgIpc) is 2.88. The molecule has 0 aliphatic carbocycles. The first-order valence-corrected chi connectivity index (χ1v) is 9.42. The van der Waals surface area contributed by atoms with Crippen LogP contribution in [-0.4, -0.2) is 34.6 Å². The average molecular weight is 434 g/mol. The number of imide groups is 1. The molecule has 3 rings (SSSR count). The number of halogens is 2. The number of anilines is 2. The molecule has 0 saturated heterocycles. The molecule has 2 aromatic rings. The first-order valence-electron chi connectivity index (χ1n) is 8.66. The molecule has 0 saturated carbocycles. The van der Waals surface area contributed by atoms with Gasteiger partial charge < -0.3 is 10.6 Å². The Morgan fingerprint density at radius 2 is 1.45 bits per heavy atom. The van der Waals surface area contributed by atoms with E-state index in [0.717, 1.165) is 4.90 Å². The Morgan fingerprint density at radius 3 is 1.93 bits per heavy atom. The van der Waals surface area contributed by atoms with E-state index in [1.165, 1.54) is 26.0 Å². The van der Waals surface area contributed by atoms with E-state index >= 15 is 0 Å². The molecule has 0 bridgehead atoms. The molecule has 29 heavy (non-hydrogen) atoms. The van der Waals surface area contributed by atoms with Gasteiger partial charge in [0.1, 0.15) is 6.04 Å². The highest BCUT2D eigenvalue weighted by atomic mass is 35.5. The molecular formula is C20H17Cl2N3O4. The highest BCUT2D eigenvalue weighted by Gasteiger charge is 2.41. The molecule has 9 heteroatoms. The number of amides is 4. The number of hydrogen-bond donors (Lipinski definition) is 2. The number of carbonyl (C=O) groups excluding carboxylic acids is 4. The van der Waals surface area contributed by atoms with Crippen LogP contribution in [-0.2, 0) is 9.59 Å². The van der Waals surface area contributed by atoms with Crippen molar-refractivity contribution in [1.29, 1.82) is 0 Å². The Balaban J connectivity index is 1.84. The normalized spacial score (nSPS) is 13.9. The number of benzene rings is 2. The van der Waals surface area contributed by atoms with Crippen LogP contribution in [0.25, 0.3) is 0 Å². The largest absolute Gasteiger partial charge is 0.326 e. The Hall–Kier alpha value is -2.90. The zero-order chi connectivity index (χ0) is 21.5. The van der Waals surface area contributed by atoms with Gasteiger partial charge in [-0.2, -0.15) is 0 Å². The third kappa shape index (κ3) is 3.83. The molecule has 0 fully saturated rings. The molecule has 0 unspecified atom stereocenters. The highest BCUT2D eigenvalue weighted by molar-refractivity contribution is 6.43. The highest BCUT2D eigenvalue weighted by Crippen LogP contribution is 2.32. The summed E-state index contributed by atoms with van der Waals surface area (Å²) in [4.78, 5) is 50.3. The van der Waals surface area contributed by atoms with Crippen molar-refractivity contribution in [3.8, 4) is 0 Å². The SMILES string of the molecule is CC(=O)Nc1cccc(NC(=O)[C@H](C)N2C(=O)c3cc(Cl)c(Cl)cc3C2=O)c1C. The van der Waals surface area contributed by atoms with Crippen LogP contribution in [0.2, 0.25) is 10.0 Å². The molecular weight excluding hydrogens is 417 g/mol. The van der Waals surface area contributed by atoms with Gasteiger partial charge in [-0.3, -0.25) is 24.1 Å². The Labute approximate surface area is 177 Å². The van der Waals surface area contributed by atoms with Gasteiger partial charge in [0.25, 0.3) is 11.8 Å². The van der Waals surface area contributed by atoms with Crippen molar-refractivity contribution in [3.63, 3.8) is 0 Å². The van der Waals surface area contributed by atoms with E-state index in [1.807, 2.05) is 0 Å². The lowest BCUT2D eigenvalue weighted by molar-refractivity contribution is -0.119. The minimum Gasteiger partial charge on any atom is -0.326 e. The summed E-state index contributed by atoms with van der Waals surface area (Å²) in [5, 5.41) is 5.67. The molecule has 1 aliphatic rings. The van der Waals surface area contributed by atoms with Crippen molar-refractivity contribution >= 4 is 58.2 Å². The first kappa shape index (κ1) is 20.8. The molecule has 7 nitrogen and oxygen atoms in total. The van der Waals surface area contributed by atoms with Crippen molar-refractivity contribution < 1.29 is 19.2 Å². The third-order valence-electron chi connectivity index (χ3n) is 4.63. The van der Waals surface area contributed by atoms with Gasteiger partial charge in [-0.1, -0.05) is 29.3 Å². The van der Waals surface area contributed by atoms with Crippen molar-refractivity contribution in [2.24, 2.45) is 0 Å². The summed E-state index contributed by atoms with van der Waals surface area (Å²) >= 11 is 11.9. The molecule has 150 valence electrons. The van der Waals surface area contributed by atoms with Crippen LogP contribution < -0.4 is 10.6 Å². The van der Waals surface area contributed by atoms with Gasteiger partial charge in [-0.05, 0) is 43.7 Å². The van der Waals surface area contributed by atoms with Crippen molar-refractivity contribution in [1.82, 2.24) is 4.90 Å². The van der Waals surface area contributed by atoms with E-state index in [2.05, 4.69) is 10.6 Å². The van der Waals surface area contributed by atoms with Gasteiger partial charge in [0.05, 0.1) is 21.2 Å². The lowest BCUT2D eigenvalue weighted by atomic mass is 10.1. The number of rotatable bonds is 4. The predicted octanol–water partition coefficient (Wildman–Crippen LogP) is 3.88. The maximum absolute atomic E-state index is 12.8. The zero-order valence-electron chi connectivity index (χ0n) is 15.8. The van der Waals surface area contributed by atoms with Gasteiger partial charge in [-0.15, -0.1) is 0 Å². The maximum atomic E-state index is 12.8. The fourth-order valence-electron chi connectivity index (χ4n) is 3.05. The topological polar surface area (TPSA) is 95.6 Å². The predicted molar refractivity (Wildman–Crippen MR) is 111 cm³/mol. The molecule has 0 spiro atoms. The molecule has 4 amide bonds. The molecule has 0 radical (unpaired) electrons. The van der Waals surface area contributed by atoms with E-state index < -0.39 is 23.8 Å². The maximum Gasteiger partial charge on any atom is 0.262 e. The van der Waals surface area contributed by atoms with E-state index in [9.17, 15) is 19.2 Å². The minimum absolute atomic E-state index is 0.105. The summed E-state index contributed by atoms with van der Waals surface area (Å²) in [5.41, 5.74) is 1.86. The second kappa shape index (κ2) is 7.85. The first-order chi connectivity index (χ1) is 13.6. The second-order valence-corrected chi connectivity index (χ2v) is 7.43. The van der Waals surface area contributed by atoms with Gasteiger partial charge in [0.2, 0.25) is 11.8 Å². The Morgan fingerprint density at radius 1 is 0.966 bits per heavy atom. The standard InChI is InChI=1S/C20H17Cl2N3O4/c1-9-16(23-11(3)26)5-4-6-17(9)24-18(27)10(2)25-19(28)12-7-14(21)15(22)8-13(12)20(25)29/h4-8,10H,1-3H3,(H,23,26)(H,24,27)/t10-/m0/s1. The van der Waals surface area contributed by atoms with Crippen LogP contribution in [0.3, 0.4) is 0 Å². The van der Waals surface area contributed by atoms with E-state index in [-0.39, 0.29) is 27.1 Å². The zero-order valence-corrected chi connectivity index (χ0v) is 17.3. The van der Waals surface area contributed by atoms with Crippen LogP contribution in [0.15, 0.2) is 30.3 Å². The van der Waals surface area contributed by atoms with Gasteiger partial charge in [0.15, 0.2) is 0 Å². The van der Waals surface area contributed by atoms with Gasteiger partial charge in [0, 0.05) is 18.3 Å². The summed E-state index contributed by atoms with van der Waals surface area (Å²) in [7, 11) is 0. The number of carbonyl (C=O) groups is 4. The van der Waals surface area contributed by atoms with Crippen LogP contribution in [0, 0.1) is 6.92 Å². The summed E-state index contributed by atoms with van der Waals surface area (Å²) in [6.45, 7) is 4.57. The molecule has 2 N–H and O–H groups in total. The lowest BCUT2D eigenvalue weighted by Crippen LogP contribution is -2.45. The van der Waals surface area contributed by atoms with Crippen molar-refractivity contribution in [2.75, 3.05) is 10.6 Å². The Kier molecular flexibility index (Phi) is 5.64. The van der Waals surface area contributed by atoms with Crippen LogP contribution in [0.5, 0.6) is 0 Å². The molecule has 1 aliphatic heterocycles. The third-order valence-corrected chi connectivity index (χ3v) is 5.35. The number of nitrogens with one attached hydrogen (secondary N) is 2. The minimum atomic E-state index is -1.08. The molecule has 1 atom stereocenters. The van der Waals surface area contributed by atoms with Crippen molar-refractivity contribution in [3.05, 3.63) is 57.1 Å². The molecule has 2 aromatic carbocycles. The second-order valence-electron chi connectivity index (χ2n) is 6.62. The Bertz CT molecular complexity index is 1030. The smallest absolute Gasteiger partial charge is 0.262 e. The fourth-order valence-corrected chi connectivity index (χ4v) is 3.38. The lowest BCUT2D eigenvalue weighted by Gasteiger charge is -2.22. The number of nitrogens with zero attached hydrogens (tertiary/aromatic N) is 1. The number of hydrogen-bond acceptors (Lipinski definition) is 4. The summed E-state index contributed by atoms with van der Waals surface area (Å²) in [5.74, 6) is -2.03. The van der Waals surface area contributed by atoms with Crippen LogP contribution >= 0.6 is 23.2 Å². The van der Waals surface area contributed by atoms with Crippen LogP contribution in [0.4, 0.5) is 11.4 Å². The van der Waals surface area contributed by atoms with Crippen molar-refractivity contribution in [2.45, 2.75) is 26.8 Å². The van der Waals surface area contributed by atoms with Gasteiger partial charge in [-0.25, -0.2) is 0 Å². The summed E-state index contributed by atoms with van der Waals surface area (Å²) in [6.07, 6.45) is 0. The van der Waals surface area contributed by atoms with E-state index in [1.54, 1.807) is 25.1 Å². The van der Waals surface area contributed by atoms with Crippen LogP contribution in [0.1, 0.15) is 40.1 Å².